The van der Waals surface area contributed by atoms with Crippen LogP contribution in [0.1, 0.15) is 42.0 Å². The third kappa shape index (κ3) is 6.51. The van der Waals surface area contributed by atoms with Gasteiger partial charge in [0, 0.05) is 25.6 Å². The second-order valence-electron chi connectivity index (χ2n) is 7.43. The van der Waals surface area contributed by atoms with E-state index in [4.69, 9.17) is 5.11 Å². The Bertz CT molecular complexity index is 836. The van der Waals surface area contributed by atoms with E-state index in [1.165, 1.54) is 4.31 Å². The second-order valence-corrected chi connectivity index (χ2v) is 9.21. The summed E-state index contributed by atoms with van der Waals surface area (Å²) in [6.45, 7) is 1.04. The standard InChI is InChI=1S/C21H29N3O5S/c25-20-15-24(30(28,29)23-20)14-17-7-4-6-16(12-17)13-22-19(10-5-11-21(26)27)18-8-2-1-3-9-18/h1-4,6-9,12,19-20,22-23,25,28-29H,5,10-11,13-15H2,(H,26,27)/t19-,20-/m0/s1. The van der Waals surface area contributed by atoms with E-state index in [0.29, 0.717) is 25.9 Å². The van der Waals surface area contributed by atoms with Crippen molar-refractivity contribution in [1.82, 2.24) is 14.3 Å². The zero-order valence-corrected chi connectivity index (χ0v) is 17.5. The molecule has 0 bridgehead atoms. The topological polar surface area (TPSA) is 125 Å². The number of nitrogens with zero attached hydrogens (tertiary/aromatic N) is 1. The molecule has 1 heterocycles. The lowest BCUT2D eigenvalue weighted by Gasteiger charge is -2.35. The van der Waals surface area contributed by atoms with Gasteiger partial charge >= 0.3 is 5.97 Å². The predicted octanol–water partition coefficient (Wildman–Crippen LogP) is 3.08. The lowest BCUT2D eigenvalue weighted by molar-refractivity contribution is -0.137. The first-order valence-corrected chi connectivity index (χ1v) is 11.4. The van der Waals surface area contributed by atoms with Crippen LogP contribution in [-0.4, -0.2) is 42.4 Å². The van der Waals surface area contributed by atoms with Crippen molar-refractivity contribution in [2.75, 3.05) is 6.54 Å². The van der Waals surface area contributed by atoms with Gasteiger partial charge in [-0.3, -0.25) is 13.9 Å². The molecular formula is C21H29N3O5S. The highest BCUT2D eigenvalue weighted by Crippen LogP contribution is 2.44. The lowest BCUT2D eigenvalue weighted by atomic mass is 10.0. The minimum absolute atomic E-state index is 0.0408. The molecule has 0 aliphatic carbocycles. The van der Waals surface area contributed by atoms with Crippen molar-refractivity contribution >= 4 is 16.9 Å². The van der Waals surface area contributed by atoms with Gasteiger partial charge in [0.15, 0.2) is 0 Å². The summed E-state index contributed by atoms with van der Waals surface area (Å²) in [4.78, 5) is 10.9. The van der Waals surface area contributed by atoms with Crippen molar-refractivity contribution < 1.29 is 24.1 Å². The second kappa shape index (κ2) is 10.4. The number of benzene rings is 2. The first-order valence-electron chi connectivity index (χ1n) is 9.90. The van der Waals surface area contributed by atoms with Crippen LogP contribution >= 0.6 is 11.0 Å². The third-order valence-electron chi connectivity index (χ3n) is 5.02. The van der Waals surface area contributed by atoms with Gasteiger partial charge in [-0.2, -0.15) is 9.03 Å². The Hall–Kier alpha value is -1.98. The summed E-state index contributed by atoms with van der Waals surface area (Å²) in [5.41, 5.74) is 3.06. The minimum atomic E-state index is -3.16. The van der Waals surface area contributed by atoms with Crippen molar-refractivity contribution in [2.24, 2.45) is 0 Å². The number of nitrogens with one attached hydrogen (secondary N) is 2. The van der Waals surface area contributed by atoms with Crippen LogP contribution in [-0.2, 0) is 17.9 Å². The lowest BCUT2D eigenvalue weighted by Crippen LogP contribution is -2.25. The summed E-state index contributed by atoms with van der Waals surface area (Å²) >= 11 is 0. The highest BCUT2D eigenvalue weighted by atomic mass is 32.3. The van der Waals surface area contributed by atoms with Crippen LogP contribution < -0.4 is 10.0 Å². The summed E-state index contributed by atoms with van der Waals surface area (Å²) in [6, 6.07) is 17.8. The quantitative estimate of drug-likeness (QED) is 0.336. The van der Waals surface area contributed by atoms with Gasteiger partial charge in [-0.05, 0) is 29.5 Å². The van der Waals surface area contributed by atoms with E-state index in [9.17, 15) is 19.0 Å². The number of aliphatic hydroxyl groups is 1. The van der Waals surface area contributed by atoms with Gasteiger partial charge in [-0.15, -0.1) is 0 Å². The average Bonchev–Trinajstić information content (AvgIpc) is 2.96. The molecule has 1 saturated heterocycles. The highest BCUT2D eigenvalue weighted by Gasteiger charge is 2.34. The van der Waals surface area contributed by atoms with Crippen molar-refractivity contribution in [3.8, 4) is 0 Å². The van der Waals surface area contributed by atoms with E-state index in [-0.39, 0.29) is 19.0 Å². The molecule has 0 spiro atoms. The molecule has 8 nitrogen and oxygen atoms in total. The monoisotopic (exact) mass is 435 g/mol. The zero-order valence-electron chi connectivity index (χ0n) is 16.6. The Kier molecular flexibility index (Phi) is 7.84. The molecule has 2 aromatic rings. The molecule has 1 aliphatic rings. The Balaban J connectivity index is 1.62. The van der Waals surface area contributed by atoms with E-state index < -0.39 is 23.2 Å². The molecule has 0 saturated carbocycles. The molecule has 3 rings (SSSR count). The Morgan fingerprint density at radius 3 is 2.57 bits per heavy atom. The van der Waals surface area contributed by atoms with Gasteiger partial charge in [0.25, 0.3) is 0 Å². The molecule has 0 aromatic heterocycles. The van der Waals surface area contributed by atoms with Crippen molar-refractivity contribution in [3.63, 3.8) is 0 Å². The zero-order chi connectivity index (χ0) is 21.6. The number of aliphatic hydroxyl groups excluding tert-OH is 1. The van der Waals surface area contributed by atoms with Gasteiger partial charge in [0.05, 0.1) is 6.54 Å². The molecule has 0 unspecified atom stereocenters. The van der Waals surface area contributed by atoms with Crippen LogP contribution in [0.25, 0.3) is 0 Å². The van der Waals surface area contributed by atoms with Gasteiger partial charge < -0.3 is 15.5 Å². The Morgan fingerprint density at radius 2 is 1.90 bits per heavy atom. The van der Waals surface area contributed by atoms with Crippen molar-refractivity contribution in [3.05, 3.63) is 71.3 Å². The number of β-amino-alcohol motifs (C(OH)–C–C–N with tert-alkyl or cyclic N) is 1. The maximum Gasteiger partial charge on any atom is 0.303 e. The third-order valence-corrected chi connectivity index (χ3v) is 6.61. The first-order chi connectivity index (χ1) is 14.3. The molecule has 0 radical (unpaired) electrons. The number of carboxylic acid groups (broad SMARTS) is 1. The smallest absolute Gasteiger partial charge is 0.303 e. The van der Waals surface area contributed by atoms with Crippen molar-refractivity contribution in [1.29, 1.82) is 0 Å². The fourth-order valence-corrected chi connectivity index (χ4v) is 4.82. The van der Waals surface area contributed by atoms with E-state index in [1.54, 1.807) is 0 Å². The maximum atomic E-state index is 10.9. The largest absolute Gasteiger partial charge is 0.481 e. The minimum Gasteiger partial charge on any atom is -0.481 e. The number of carbonyl (C=O) groups is 1. The molecule has 1 fully saturated rings. The number of hydrogen-bond donors (Lipinski definition) is 6. The van der Waals surface area contributed by atoms with E-state index in [1.807, 2.05) is 54.6 Å². The van der Waals surface area contributed by atoms with E-state index in [2.05, 4.69) is 10.0 Å². The van der Waals surface area contributed by atoms with Gasteiger partial charge in [0.2, 0.25) is 0 Å². The van der Waals surface area contributed by atoms with Crippen molar-refractivity contribution in [2.45, 2.75) is 44.6 Å². The van der Waals surface area contributed by atoms with E-state index in [0.717, 1.165) is 16.7 Å². The average molecular weight is 436 g/mol. The molecule has 2 atom stereocenters. The van der Waals surface area contributed by atoms with Gasteiger partial charge in [-0.1, -0.05) is 65.6 Å². The highest BCUT2D eigenvalue weighted by molar-refractivity contribution is 8.20. The summed E-state index contributed by atoms with van der Waals surface area (Å²) in [5.74, 6) is -0.790. The van der Waals surface area contributed by atoms with Crippen LogP contribution in [0.3, 0.4) is 0 Å². The number of rotatable bonds is 10. The number of hydrogen-bond acceptors (Lipinski definition) is 7. The van der Waals surface area contributed by atoms with Gasteiger partial charge in [-0.25, -0.2) is 0 Å². The number of carboxylic acids is 1. The van der Waals surface area contributed by atoms with Gasteiger partial charge in [0.1, 0.15) is 6.23 Å². The fraction of sp³-hybridized carbons (Fsp3) is 0.381. The summed E-state index contributed by atoms with van der Waals surface area (Å²) in [5, 5.41) is 22.1. The fourth-order valence-electron chi connectivity index (χ4n) is 3.56. The first kappa shape index (κ1) is 22.7. The van der Waals surface area contributed by atoms with E-state index >= 15 is 0 Å². The molecule has 2 aromatic carbocycles. The maximum absolute atomic E-state index is 10.9. The molecule has 0 amide bonds. The van der Waals surface area contributed by atoms with Crippen LogP contribution in [0.4, 0.5) is 0 Å². The summed E-state index contributed by atoms with van der Waals surface area (Å²) < 4.78 is 23.9. The molecule has 9 heteroatoms. The molecule has 6 N–H and O–H groups in total. The predicted molar refractivity (Wildman–Crippen MR) is 116 cm³/mol. The summed E-state index contributed by atoms with van der Waals surface area (Å²) in [6.07, 6.45) is 0.485. The van der Waals surface area contributed by atoms with Crippen LogP contribution in [0, 0.1) is 0 Å². The Labute approximate surface area is 178 Å². The molecule has 164 valence electrons. The normalized spacial score (nSPS) is 20.7. The SMILES string of the molecule is O=C(O)CCC[C@H](NCc1cccc(CN2C[C@H](O)NS2(O)O)c1)c1ccccc1. The number of aliphatic carboxylic acids is 1. The Morgan fingerprint density at radius 1 is 1.17 bits per heavy atom. The molecule has 1 aliphatic heterocycles. The molecular weight excluding hydrogens is 406 g/mol. The van der Waals surface area contributed by atoms with Crippen LogP contribution in [0.2, 0.25) is 0 Å². The summed E-state index contributed by atoms with van der Waals surface area (Å²) in [7, 11) is -3.16. The molecule has 30 heavy (non-hydrogen) atoms. The van der Waals surface area contributed by atoms with Crippen LogP contribution in [0.15, 0.2) is 54.6 Å². The van der Waals surface area contributed by atoms with Crippen LogP contribution in [0.5, 0.6) is 0 Å².